The molecule has 0 aliphatic carbocycles. The van der Waals surface area contributed by atoms with Crippen molar-refractivity contribution in [1.82, 2.24) is 4.57 Å². The first-order valence-electron chi connectivity index (χ1n) is 4.81. The summed E-state index contributed by atoms with van der Waals surface area (Å²) in [5.41, 5.74) is 0. The van der Waals surface area contributed by atoms with Crippen LogP contribution < -0.4 is 0 Å². The van der Waals surface area contributed by atoms with Crippen molar-refractivity contribution in [3.8, 4) is 0 Å². The summed E-state index contributed by atoms with van der Waals surface area (Å²) in [5, 5.41) is 0. The highest BCUT2D eigenvalue weighted by Gasteiger charge is 2.13. The van der Waals surface area contributed by atoms with E-state index in [0.29, 0.717) is 18.4 Å². The largest absolute Gasteiger partial charge is 0.351 e. The molecular weight excluding hydrogens is 162 g/mol. The summed E-state index contributed by atoms with van der Waals surface area (Å²) in [6.07, 6.45) is 6.72. The lowest BCUT2D eigenvalue weighted by Crippen LogP contribution is -2.13. The van der Waals surface area contributed by atoms with Gasteiger partial charge >= 0.3 is 0 Å². The molecule has 0 fully saturated rings. The van der Waals surface area contributed by atoms with E-state index < -0.39 is 0 Å². The van der Waals surface area contributed by atoms with E-state index in [1.165, 1.54) is 0 Å². The van der Waals surface area contributed by atoms with Crippen molar-refractivity contribution in [2.75, 3.05) is 0 Å². The highest BCUT2D eigenvalue weighted by molar-refractivity contribution is 5.49. The molecule has 0 spiro atoms. The van der Waals surface area contributed by atoms with Crippen LogP contribution in [0.5, 0.6) is 0 Å². The maximum absolute atomic E-state index is 10.3. The molecule has 0 aliphatic heterocycles. The second-order valence-corrected chi connectivity index (χ2v) is 3.69. The molecule has 2 nitrogen and oxygen atoms in total. The molecule has 1 aromatic heterocycles. The molecule has 1 aromatic rings. The van der Waals surface area contributed by atoms with Gasteiger partial charge in [-0.1, -0.05) is 13.8 Å². The van der Waals surface area contributed by atoms with Gasteiger partial charge in [-0.3, -0.25) is 0 Å². The van der Waals surface area contributed by atoms with Gasteiger partial charge in [-0.15, -0.1) is 0 Å². The highest BCUT2D eigenvalue weighted by Crippen LogP contribution is 2.22. The van der Waals surface area contributed by atoms with Crippen molar-refractivity contribution in [1.29, 1.82) is 0 Å². The van der Waals surface area contributed by atoms with Crippen molar-refractivity contribution < 1.29 is 4.79 Å². The van der Waals surface area contributed by atoms with E-state index in [9.17, 15) is 4.79 Å². The van der Waals surface area contributed by atoms with Crippen LogP contribution in [-0.2, 0) is 4.79 Å². The predicted molar refractivity (Wildman–Crippen MR) is 53.6 cm³/mol. The smallest absolute Gasteiger partial charge is 0.120 e. The van der Waals surface area contributed by atoms with Gasteiger partial charge in [0.1, 0.15) is 6.29 Å². The van der Waals surface area contributed by atoms with Gasteiger partial charge in [-0.05, 0) is 24.5 Å². The number of aldehydes is 1. The summed E-state index contributed by atoms with van der Waals surface area (Å²) in [6, 6.07) is 4.51. The van der Waals surface area contributed by atoms with Gasteiger partial charge in [0, 0.05) is 24.9 Å². The first kappa shape index (κ1) is 10.0. The molecule has 0 saturated heterocycles. The van der Waals surface area contributed by atoms with Crippen LogP contribution in [0.3, 0.4) is 0 Å². The van der Waals surface area contributed by atoms with E-state index in [1.54, 1.807) is 0 Å². The average molecular weight is 179 g/mol. The molecule has 0 unspecified atom stereocenters. The number of carbonyl (C=O) groups excluding carboxylic acids is 1. The maximum Gasteiger partial charge on any atom is 0.120 e. The monoisotopic (exact) mass is 179 g/mol. The highest BCUT2D eigenvalue weighted by atomic mass is 16.1. The van der Waals surface area contributed by atoms with Crippen LogP contribution in [0.4, 0.5) is 0 Å². The minimum Gasteiger partial charge on any atom is -0.351 e. The Bertz CT molecular complexity index is 239. The quantitative estimate of drug-likeness (QED) is 0.637. The Kier molecular flexibility index (Phi) is 3.74. The topological polar surface area (TPSA) is 22.0 Å². The standard InChI is InChI=1S/C11H17NO/c1-10(2)11(6-5-9-13)12-7-3-4-8-12/h3-4,7-11H,5-6H2,1-2H3/t11-/m1/s1. The Balaban J connectivity index is 2.63. The minimum atomic E-state index is 0.459. The molecule has 1 rings (SSSR count). The second kappa shape index (κ2) is 4.85. The lowest BCUT2D eigenvalue weighted by Gasteiger charge is -2.21. The summed E-state index contributed by atoms with van der Waals surface area (Å²) in [4.78, 5) is 10.3. The molecule has 72 valence electrons. The van der Waals surface area contributed by atoms with Crippen molar-refractivity contribution in [2.45, 2.75) is 32.7 Å². The molecule has 0 aromatic carbocycles. The zero-order valence-corrected chi connectivity index (χ0v) is 8.31. The van der Waals surface area contributed by atoms with Gasteiger partial charge in [0.15, 0.2) is 0 Å². The fraction of sp³-hybridized carbons (Fsp3) is 0.545. The molecule has 0 saturated carbocycles. The van der Waals surface area contributed by atoms with E-state index in [4.69, 9.17) is 0 Å². The summed E-state index contributed by atoms with van der Waals surface area (Å²) < 4.78 is 2.19. The molecule has 0 amide bonds. The third-order valence-corrected chi connectivity index (χ3v) is 2.36. The van der Waals surface area contributed by atoms with Crippen molar-refractivity contribution in [3.63, 3.8) is 0 Å². The Labute approximate surface area is 79.6 Å². The molecule has 0 radical (unpaired) electrons. The Morgan fingerprint density at radius 3 is 2.38 bits per heavy atom. The van der Waals surface area contributed by atoms with Gasteiger partial charge in [0.25, 0.3) is 0 Å². The SMILES string of the molecule is CC(C)[C@@H](CCC=O)n1cccc1. The van der Waals surface area contributed by atoms with E-state index in [2.05, 4.69) is 30.8 Å². The van der Waals surface area contributed by atoms with Crippen LogP contribution in [0.15, 0.2) is 24.5 Å². The molecule has 2 heteroatoms. The first-order chi connectivity index (χ1) is 6.25. The fourth-order valence-electron chi connectivity index (χ4n) is 1.63. The van der Waals surface area contributed by atoms with E-state index in [-0.39, 0.29) is 0 Å². The van der Waals surface area contributed by atoms with Gasteiger partial charge in [-0.25, -0.2) is 0 Å². The summed E-state index contributed by atoms with van der Waals surface area (Å²) >= 11 is 0. The third-order valence-electron chi connectivity index (χ3n) is 2.36. The minimum absolute atomic E-state index is 0.459. The molecule has 1 heterocycles. The van der Waals surface area contributed by atoms with Crippen LogP contribution in [0.25, 0.3) is 0 Å². The molecule has 0 N–H and O–H groups in total. The molecule has 1 atom stereocenters. The normalized spacial score (nSPS) is 13.2. The molecule has 13 heavy (non-hydrogen) atoms. The maximum atomic E-state index is 10.3. The van der Waals surface area contributed by atoms with Crippen LogP contribution in [0.1, 0.15) is 32.7 Å². The average Bonchev–Trinajstić information content (AvgIpc) is 2.57. The number of hydrogen-bond donors (Lipinski definition) is 0. The van der Waals surface area contributed by atoms with Crippen LogP contribution in [0, 0.1) is 5.92 Å². The van der Waals surface area contributed by atoms with Gasteiger partial charge in [0.05, 0.1) is 0 Å². The number of nitrogens with zero attached hydrogens (tertiary/aromatic N) is 1. The Morgan fingerprint density at radius 2 is 1.92 bits per heavy atom. The van der Waals surface area contributed by atoms with Crippen molar-refractivity contribution >= 4 is 6.29 Å². The van der Waals surface area contributed by atoms with Gasteiger partial charge in [-0.2, -0.15) is 0 Å². The summed E-state index contributed by atoms with van der Waals surface area (Å²) in [5.74, 6) is 0.576. The van der Waals surface area contributed by atoms with E-state index >= 15 is 0 Å². The van der Waals surface area contributed by atoms with Crippen LogP contribution in [-0.4, -0.2) is 10.9 Å². The lowest BCUT2D eigenvalue weighted by atomic mass is 9.99. The number of carbonyl (C=O) groups is 1. The van der Waals surface area contributed by atoms with Gasteiger partial charge < -0.3 is 9.36 Å². The van der Waals surface area contributed by atoms with Crippen LogP contribution in [0.2, 0.25) is 0 Å². The third kappa shape index (κ3) is 2.72. The number of hydrogen-bond acceptors (Lipinski definition) is 1. The predicted octanol–water partition coefficient (Wildman–Crippen LogP) is 2.66. The van der Waals surface area contributed by atoms with Crippen LogP contribution >= 0.6 is 0 Å². The van der Waals surface area contributed by atoms with Gasteiger partial charge in [0.2, 0.25) is 0 Å². The van der Waals surface area contributed by atoms with E-state index in [1.807, 2.05) is 12.1 Å². The zero-order chi connectivity index (χ0) is 9.68. The van der Waals surface area contributed by atoms with Crippen molar-refractivity contribution in [3.05, 3.63) is 24.5 Å². The fourth-order valence-corrected chi connectivity index (χ4v) is 1.63. The number of aromatic nitrogens is 1. The van der Waals surface area contributed by atoms with E-state index in [0.717, 1.165) is 12.7 Å². The second-order valence-electron chi connectivity index (χ2n) is 3.69. The molecule has 0 aliphatic rings. The first-order valence-corrected chi connectivity index (χ1v) is 4.81. The Morgan fingerprint density at radius 1 is 1.31 bits per heavy atom. The summed E-state index contributed by atoms with van der Waals surface area (Å²) in [7, 11) is 0. The summed E-state index contributed by atoms with van der Waals surface area (Å²) in [6.45, 7) is 4.38. The van der Waals surface area contributed by atoms with Crippen molar-refractivity contribution in [2.24, 2.45) is 5.92 Å². The molecule has 0 bridgehead atoms. The Hall–Kier alpha value is -1.05. The lowest BCUT2D eigenvalue weighted by molar-refractivity contribution is -0.108. The number of rotatable bonds is 5. The molecular formula is C11H17NO. The zero-order valence-electron chi connectivity index (χ0n) is 8.31.